The lowest BCUT2D eigenvalue weighted by Crippen LogP contribution is -2.13. The molecule has 5 heteroatoms. The van der Waals surface area contributed by atoms with Crippen LogP contribution in [-0.2, 0) is 0 Å². The third kappa shape index (κ3) is 2.55. The van der Waals surface area contributed by atoms with Gasteiger partial charge >= 0.3 is 0 Å². The topological polar surface area (TPSA) is 53.6 Å². The van der Waals surface area contributed by atoms with Crippen LogP contribution in [0.1, 0.15) is 24.4 Å². The number of aromatic amines is 1. The van der Waals surface area contributed by atoms with Gasteiger partial charge in [0.2, 0.25) is 0 Å². The average Bonchev–Trinajstić information content (AvgIpc) is 3.31. The summed E-state index contributed by atoms with van der Waals surface area (Å²) in [5, 5.41) is 7.19. The van der Waals surface area contributed by atoms with Crippen LogP contribution in [-0.4, -0.2) is 21.5 Å². The number of nitrogens with one attached hydrogen (secondary N) is 2. The summed E-state index contributed by atoms with van der Waals surface area (Å²) in [7, 11) is 0. The minimum atomic E-state index is 0.405. The Balaban J connectivity index is 1.73. The zero-order valence-electron chi connectivity index (χ0n) is 13.6. The van der Waals surface area contributed by atoms with Gasteiger partial charge in [-0.05, 0) is 76.1 Å². The molecule has 0 aliphatic carbocycles. The van der Waals surface area contributed by atoms with Gasteiger partial charge in [-0.2, -0.15) is 0 Å². The third-order valence-electron chi connectivity index (χ3n) is 5.04. The van der Waals surface area contributed by atoms with Crippen molar-refractivity contribution in [3.63, 3.8) is 0 Å². The maximum atomic E-state index is 4.57. The van der Waals surface area contributed by atoms with E-state index in [1.54, 1.807) is 0 Å². The molecule has 25 heavy (non-hydrogen) atoms. The standard InChI is InChI=1S/C20H17BrN4/c21-18-11-25-20-16(18)8-14(9-24-20)13-6-12-3-5-22-10-17(12)15(7-13)19-2-1-4-23-19/h3,5-11,19,23H,1-2,4H2,(H,24,25). The molecule has 0 radical (unpaired) electrons. The van der Waals surface area contributed by atoms with Crippen LogP contribution in [0.2, 0.25) is 0 Å². The summed E-state index contributed by atoms with van der Waals surface area (Å²) < 4.78 is 1.04. The Morgan fingerprint density at radius 1 is 1.08 bits per heavy atom. The first-order valence-corrected chi connectivity index (χ1v) is 9.33. The highest BCUT2D eigenvalue weighted by Gasteiger charge is 2.19. The summed E-state index contributed by atoms with van der Waals surface area (Å²) in [5.74, 6) is 0. The van der Waals surface area contributed by atoms with E-state index in [0.29, 0.717) is 6.04 Å². The van der Waals surface area contributed by atoms with Crippen molar-refractivity contribution in [3.8, 4) is 11.1 Å². The predicted molar refractivity (Wildman–Crippen MR) is 105 cm³/mol. The molecular weight excluding hydrogens is 376 g/mol. The van der Waals surface area contributed by atoms with E-state index >= 15 is 0 Å². The summed E-state index contributed by atoms with van der Waals surface area (Å²) in [4.78, 5) is 12.1. The maximum Gasteiger partial charge on any atom is 0.138 e. The highest BCUT2D eigenvalue weighted by Crippen LogP contribution is 2.35. The molecule has 0 spiro atoms. The van der Waals surface area contributed by atoms with E-state index in [9.17, 15) is 0 Å². The molecule has 4 aromatic rings. The molecule has 0 saturated carbocycles. The molecule has 4 nitrogen and oxygen atoms in total. The van der Waals surface area contributed by atoms with Crippen LogP contribution in [0, 0.1) is 0 Å². The van der Waals surface area contributed by atoms with Crippen molar-refractivity contribution in [1.82, 2.24) is 20.3 Å². The van der Waals surface area contributed by atoms with E-state index < -0.39 is 0 Å². The van der Waals surface area contributed by atoms with Crippen molar-refractivity contribution in [2.24, 2.45) is 0 Å². The number of fused-ring (bicyclic) bond motifs is 2. The van der Waals surface area contributed by atoms with Crippen molar-refractivity contribution in [1.29, 1.82) is 0 Å². The van der Waals surface area contributed by atoms with E-state index in [2.05, 4.69) is 60.5 Å². The van der Waals surface area contributed by atoms with Crippen LogP contribution >= 0.6 is 15.9 Å². The van der Waals surface area contributed by atoms with Crippen molar-refractivity contribution >= 4 is 37.7 Å². The van der Waals surface area contributed by atoms with Gasteiger partial charge < -0.3 is 10.3 Å². The molecule has 0 amide bonds. The van der Waals surface area contributed by atoms with Crippen LogP contribution in [0.15, 0.2) is 53.5 Å². The largest absolute Gasteiger partial charge is 0.345 e. The Hall–Kier alpha value is -2.24. The number of hydrogen-bond acceptors (Lipinski definition) is 3. The minimum Gasteiger partial charge on any atom is -0.345 e. The van der Waals surface area contributed by atoms with Crippen molar-refractivity contribution in [2.45, 2.75) is 18.9 Å². The van der Waals surface area contributed by atoms with Crippen molar-refractivity contribution < 1.29 is 0 Å². The molecule has 124 valence electrons. The van der Waals surface area contributed by atoms with Gasteiger partial charge in [0, 0.05) is 51.6 Å². The molecule has 5 rings (SSSR count). The van der Waals surface area contributed by atoms with Crippen molar-refractivity contribution in [2.75, 3.05) is 6.54 Å². The van der Waals surface area contributed by atoms with E-state index in [0.717, 1.165) is 27.6 Å². The first kappa shape index (κ1) is 15.0. The van der Waals surface area contributed by atoms with Crippen LogP contribution in [0.4, 0.5) is 0 Å². The molecule has 1 unspecified atom stereocenters. The van der Waals surface area contributed by atoms with Crippen molar-refractivity contribution in [3.05, 3.63) is 59.1 Å². The Labute approximate surface area is 153 Å². The number of aromatic nitrogens is 3. The summed E-state index contributed by atoms with van der Waals surface area (Å²) >= 11 is 3.59. The van der Waals surface area contributed by atoms with Crippen LogP contribution in [0.5, 0.6) is 0 Å². The lowest BCUT2D eigenvalue weighted by Gasteiger charge is -2.16. The second-order valence-corrected chi connectivity index (χ2v) is 7.42. The normalized spacial score (nSPS) is 17.6. The fraction of sp³-hybridized carbons (Fsp3) is 0.200. The highest BCUT2D eigenvalue weighted by molar-refractivity contribution is 9.10. The van der Waals surface area contributed by atoms with E-state index in [1.807, 2.05) is 24.8 Å². The summed E-state index contributed by atoms with van der Waals surface area (Å²) in [6.07, 6.45) is 10.1. The third-order valence-corrected chi connectivity index (χ3v) is 5.69. The molecule has 3 aromatic heterocycles. The summed E-state index contributed by atoms with van der Waals surface area (Å²) in [6, 6.07) is 9.23. The maximum absolute atomic E-state index is 4.57. The molecule has 1 aliphatic heterocycles. The van der Waals surface area contributed by atoms with Gasteiger partial charge in [0.1, 0.15) is 5.65 Å². The van der Waals surface area contributed by atoms with E-state index in [1.165, 1.54) is 34.7 Å². The Kier molecular flexibility index (Phi) is 3.57. The van der Waals surface area contributed by atoms with Crippen LogP contribution in [0.25, 0.3) is 32.9 Å². The summed E-state index contributed by atoms with van der Waals surface area (Å²) in [5.41, 5.74) is 4.57. The highest BCUT2D eigenvalue weighted by atomic mass is 79.9. The Morgan fingerprint density at radius 3 is 2.92 bits per heavy atom. The molecule has 1 aliphatic rings. The predicted octanol–water partition coefficient (Wildman–Crippen LogP) is 4.97. The van der Waals surface area contributed by atoms with Gasteiger partial charge in [-0.1, -0.05) is 0 Å². The zero-order valence-corrected chi connectivity index (χ0v) is 15.2. The Bertz CT molecular complexity index is 1080. The fourth-order valence-electron chi connectivity index (χ4n) is 3.76. The molecule has 4 heterocycles. The monoisotopic (exact) mass is 392 g/mol. The summed E-state index contributed by atoms with van der Waals surface area (Å²) in [6.45, 7) is 1.08. The smallest absolute Gasteiger partial charge is 0.138 e. The number of rotatable bonds is 2. The van der Waals surface area contributed by atoms with Gasteiger partial charge in [-0.25, -0.2) is 4.98 Å². The first-order valence-electron chi connectivity index (χ1n) is 8.54. The number of nitrogens with zero attached hydrogens (tertiary/aromatic N) is 2. The fourth-order valence-corrected chi connectivity index (χ4v) is 4.18. The Morgan fingerprint density at radius 2 is 2.04 bits per heavy atom. The molecule has 2 N–H and O–H groups in total. The first-order chi connectivity index (χ1) is 12.3. The molecule has 1 fully saturated rings. The van der Waals surface area contributed by atoms with Gasteiger partial charge in [-0.15, -0.1) is 0 Å². The lowest BCUT2D eigenvalue weighted by atomic mass is 9.94. The number of hydrogen-bond donors (Lipinski definition) is 2. The molecule has 1 atom stereocenters. The molecule has 1 saturated heterocycles. The molecule has 1 aromatic carbocycles. The second kappa shape index (κ2) is 5.93. The number of H-pyrrole nitrogens is 1. The molecular formula is C20H17BrN4. The average molecular weight is 393 g/mol. The van der Waals surface area contributed by atoms with E-state index in [4.69, 9.17) is 0 Å². The van der Waals surface area contributed by atoms with Gasteiger partial charge in [0.25, 0.3) is 0 Å². The van der Waals surface area contributed by atoms with Crippen LogP contribution in [0.3, 0.4) is 0 Å². The number of pyridine rings is 2. The molecule has 0 bridgehead atoms. The lowest BCUT2D eigenvalue weighted by molar-refractivity contribution is 0.653. The minimum absolute atomic E-state index is 0.405. The second-order valence-electron chi connectivity index (χ2n) is 6.57. The quantitative estimate of drug-likeness (QED) is 0.506. The van der Waals surface area contributed by atoms with Crippen LogP contribution < -0.4 is 5.32 Å². The van der Waals surface area contributed by atoms with Gasteiger partial charge in [-0.3, -0.25) is 4.98 Å². The zero-order chi connectivity index (χ0) is 16.8. The van der Waals surface area contributed by atoms with Gasteiger partial charge in [0.05, 0.1) is 0 Å². The number of halogens is 1. The SMILES string of the molecule is Brc1c[nH]c2ncc(-c3cc(C4CCCN4)c4cnccc4c3)cc12. The van der Waals surface area contributed by atoms with Gasteiger partial charge in [0.15, 0.2) is 0 Å². The number of benzene rings is 1. The van der Waals surface area contributed by atoms with E-state index in [-0.39, 0.29) is 0 Å².